The lowest BCUT2D eigenvalue weighted by molar-refractivity contribution is 0.238. The quantitative estimate of drug-likeness (QED) is 0.281. The summed E-state index contributed by atoms with van der Waals surface area (Å²) < 4.78 is 33.8. The molecule has 2 heterocycles. The van der Waals surface area contributed by atoms with E-state index in [1.54, 1.807) is 48.5 Å². The van der Waals surface area contributed by atoms with Crippen LogP contribution in [0.4, 0.5) is 17.2 Å². The van der Waals surface area contributed by atoms with Crippen molar-refractivity contribution in [3.63, 3.8) is 0 Å². The third kappa shape index (κ3) is 6.67. The molecule has 1 aliphatic rings. The van der Waals surface area contributed by atoms with E-state index in [4.69, 9.17) is 4.74 Å². The van der Waals surface area contributed by atoms with Gasteiger partial charge in [0.05, 0.1) is 10.6 Å². The molecule has 0 radical (unpaired) electrons. The highest BCUT2D eigenvalue weighted by atomic mass is 32.2. The number of hydrogen-bond donors (Lipinski definition) is 2. The molecule has 1 aliphatic heterocycles. The number of aryl methyl sites for hydroxylation is 1. The molecule has 0 bridgehead atoms. The summed E-state index contributed by atoms with van der Waals surface area (Å²) >= 11 is 0. The van der Waals surface area contributed by atoms with Crippen LogP contribution in [0, 0.1) is 6.92 Å². The fourth-order valence-corrected chi connectivity index (χ4v) is 5.36. The number of benzene rings is 3. The van der Waals surface area contributed by atoms with Gasteiger partial charge in [-0.05, 0) is 93.5 Å². The Bertz CT molecular complexity index is 1450. The van der Waals surface area contributed by atoms with Crippen molar-refractivity contribution in [1.82, 2.24) is 14.9 Å². The zero-order valence-corrected chi connectivity index (χ0v) is 22.1. The second kappa shape index (κ2) is 11.6. The van der Waals surface area contributed by atoms with Crippen molar-refractivity contribution in [2.75, 3.05) is 36.3 Å². The minimum absolute atomic E-state index is 0.223. The maximum absolute atomic E-state index is 12.6. The average molecular weight is 530 g/mol. The van der Waals surface area contributed by atoms with Crippen LogP contribution in [0.2, 0.25) is 0 Å². The van der Waals surface area contributed by atoms with Gasteiger partial charge < -0.3 is 10.1 Å². The van der Waals surface area contributed by atoms with Crippen LogP contribution in [0.3, 0.4) is 0 Å². The molecule has 8 nitrogen and oxygen atoms in total. The van der Waals surface area contributed by atoms with Crippen LogP contribution in [0.25, 0.3) is 11.3 Å². The third-order valence-corrected chi connectivity index (χ3v) is 7.83. The Labute approximate surface area is 223 Å². The van der Waals surface area contributed by atoms with Gasteiger partial charge in [0.15, 0.2) is 0 Å². The van der Waals surface area contributed by atoms with Crippen molar-refractivity contribution in [2.24, 2.45) is 0 Å². The first kappa shape index (κ1) is 25.7. The fraction of sp³-hybridized carbons (Fsp3) is 0.241. The van der Waals surface area contributed by atoms with Gasteiger partial charge in [-0.25, -0.2) is 18.4 Å². The number of aromatic nitrogens is 2. The van der Waals surface area contributed by atoms with Crippen LogP contribution in [-0.2, 0) is 10.0 Å². The predicted molar refractivity (Wildman–Crippen MR) is 150 cm³/mol. The Morgan fingerprint density at radius 3 is 2.26 bits per heavy atom. The molecule has 1 fully saturated rings. The number of nitrogens with zero attached hydrogens (tertiary/aromatic N) is 3. The van der Waals surface area contributed by atoms with Gasteiger partial charge in [-0.2, -0.15) is 0 Å². The average Bonchev–Trinajstić information content (AvgIpc) is 3.44. The maximum atomic E-state index is 12.6. The van der Waals surface area contributed by atoms with E-state index in [-0.39, 0.29) is 4.90 Å². The zero-order valence-electron chi connectivity index (χ0n) is 21.3. The summed E-state index contributed by atoms with van der Waals surface area (Å²) in [7, 11) is -3.65. The Kier molecular flexibility index (Phi) is 7.86. The summed E-state index contributed by atoms with van der Waals surface area (Å²) in [5.74, 6) is 1.48. The lowest BCUT2D eigenvalue weighted by Crippen LogP contribution is -2.25. The summed E-state index contributed by atoms with van der Waals surface area (Å²) in [4.78, 5) is 11.4. The molecule has 0 amide bonds. The van der Waals surface area contributed by atoms with E-state index < -0.39 is 10.0 Å². The maximum Gasteiger partial charge on any atom is 0.261 e. The highest BCUT2D eigenvalue weighted by molar-refractivity contribution is 7.92. The number of nitrogens with one attached hydrogen (secondary N) is 2. The van der Waals surface area contributed by atoms with Gasteiger partial charge in [-0.3, -0.25) is 9.62 Å². The Morgan fingerprint density at radius 2 is 1.55 bits per heavy atom. The first-order chi connectivity index (χ1) is 18.4. The number of likely N-dealkylation sites (tertiary alicyclic amines) is 1. The predicted octanol–water partition coefficient (Wildman–Crippen LogP) is 5.47. The SMILES string of the molecule is Cc1ccc(S(=O)(=O)Nc2ccc(Nc3cc(-c4ccc(OCCN5CCCC5)cc4)ncn3)cc2)cc1. The van der Waals surface area contributed by atoms with Crippen molar-refractivity contribution in [3.05, 3.63) is 90.8 Å². The van der Waals surface area contributed by atoms with Gasteiger partial charge in [-0.15, -0.1) is 0 Å². The van der Waals surface area contributed by atoms with E-state index in [1.807, 2.05) is 37.3 Å². The summed E-state index contributed by atoms with van der Waals surface area (Å²) in [6.45, 7) is 5.90. The summed E-state index contributed by atoms with van der Waals surface area (Å²) in [5, 5.41) is 3.25. The fourth-order valence-electron chi connectivity index (χ4n) is 4.31. The molecular formula is C29H31N5O3S. The number of ether oxygens (including phenoxy) is 1. The van der Waals surface area contributed by atoms with E-state index in [0.717, 1.165) is 34.8 Å². The topological polar surface area (TPSA) is 96.5 Å². The number of hydrogen-bond acceptors (Lipinski definition) is 7. The standard InChI is InChI=1S/C29H31N5O3S/c1-22-4-14-27(15-5-22)38(35,36)33-25-10-8-24(9-11-25)32-29-20-28(30-21-31-29)23-6-12-26(13-7-23)37-19-18-34-16-2-3-17-34/h4-15,20-21,33H,2-3,16-19H2,1H3,(H,30,31,32). The second-order valence-electron chi connectivity index (χ2n) is 9.33. The number of rotatable bonds is 10. The smallest absolute Gasteiger partial charge is 0.261 e. The minimum Gasteiger partial charge on any atom is -0.492 e. The van der Waals surface area contributed by atoms with E-state index >= 15 is 0 Å². The van der Waals surface area contributed by atoms with Crippen molar-refractivity contribution in [3.8, 4) is 17.0 Å². The van der Waals surface area contributed by atoms with Crippen molar-refractivity contribution in [1.29, 1.82) is 0 Å². The van der Waals surface area contributed by atoms with Gasteiger partial charge in [0.25, 0.3) is 10.0 Å². The molecule has 2 N–H and O–H groups in total. The van der Waals surface area contributed by atoms with Crippen molar-refractivity contribution >= 4 is 27.2 Å². The Hall–Kier alpha value is -3.95. The largest absolute Gasteiger partial charge is 0.492 e. The summed E-state index contributed by atoms with van der Waals surface area (Å²) in [6.07, 6.45) is 4.08. The number of sulfonamides is 1. The first-order valence-electron chi connectivity index (χ1n) is 12.7. The molecular weight excluding hydrogens is 498 g/mol. The summed E-state index contributed by atoms with van der Waals surface area (Å²) in [6, 6.07) is 23.5. The van der Waals surface area contributed by atoms with E-state index in [9.17, 15) is 8.42 Å². The van der Waals surface area contributed by atoms with E-state index in [1.165, 1.54) is 32.3 Å². The molecule has 1 saturated heterocycles. The van der Waals surface area contributed by atoms with Gasteiger partial charge in [-0.1, -0.05) is 17.7 Å². The van der Waals surface area contributed by atoms with Gasteiger partial charge in [0.2, 0.25) is 0 Å². The lowest BCUT2D eigenvalue weighted by atomic mass is 10.1. The van der Waals surface area contributed by atoms with Crippen LogP contribution in [0.5, 0.6) is 5.75 Å². The van der Waals surface area contributed by atoms with Crippen LogP contribution < -0.4 is 14.8 Å². The van der Waals surface area contributed by atoms with Crippen LogP contribution in [-0.4, -0.2) is 49.5 Å². The Balaban J connectivity index is 1.18. The molecule has 0 unspecified atom stereocenters. The molecule has 9 heteroatoms. The summed E-state index contributed by atoms with van der Waals surface area (Å²) in [5.41, 5.74) is 4.00. The van der Waals surface area contributed by atoms with E-state index in [2.05, 4.69) is 24.9 Å². The van der Waals surface area contributed by atoms with Crippen molar-refractivity contribution < 1.29 is 13.2 Å². The molecule has 0 atom stereocenters. The monoisotopic (exact) mass is 529 g/mol. The van der Waals surface area contributed by atoms with Crippen molar-refractivity contribution in [2.45, 2.75) is 24.7 Å². The van der Waals surface area contributed by atoms with Gasteiger partial charge >= 0.3 is 0 Å². The lowest BCUT2D eigenvalue weighted by Gasteiger charge is -2.15. The number of anilines is 3. The second-order valence-corrected chi connectivity index (χ2v) is 11.0. The molecule has 5 rings (SSSR count). The molecule has 1 aromatic heterocycles. The first-order valence-corrected chi connectivity index (χ1v) is 14.2. The highest BCUT2D eigenvalue weighted by Gasteiger charge is 2.14. The Morgan fingerprint density at radius 1 is 0.868 bits per heavy atom. The van der Waals surface area contributed by atoms with Crippen LogP contribution in [0.15, 0.2) is 90.1 Å². The third-order valence-electron chi connectivity index (χ3n) is 6.43. The molecule has 0 spiro atoms. The molecule has 3 aromatic carbocycles. The van der Waals surface area contributed by atoms with Crippen LogP contribution in [0.1, 0.15) is 18.4 Å². The molecule has 38 heavy (non-hydrogen) atoms. The van der Waals surface area contributed by atoms with E-state index in [0.29, 0.717) is 18.1 Å². The zero-order chi connectivity index (χ0) is 26.4. The molecule has 0 saturated carbocycles. The minimum atomic E-state index is -3.65. The highest BCUT2D eigenvalue weighted by Crippen LogP contribution is 2.25. The normalized spacial score (nSPS) is 13.8. The van der Waals surface area contributed by atoms with Gasteiger partial charge in [0, 0.05) is 29.5 Å². The molecule has 196 valence electrons. The molecule has 4 aromatic rings. The molecule has 0 aliphatic carbocycles. The van der Waals surface area contributed by atoms with Gasteiger partial charge in [0.1, 0.15) is 24.5 Å². The van der Waals surface area contributed by atoms with Crippen LogP contribution >= 0.6 is 0 Å².